The van der Waals surface area contributed by atoms with E-state index in [1.807, 2.05) is 0 Å². The summed E-state index contributed by atoms with van der Waals surface area (Å²) in [6.45, 7) is 0. The van der Waals surface area contributed by atoms with Crippen LogP contribution in [0.1, 0.15) is 36.4 Å². The van der Waals surface area contributed by atoms with Gasteiger partial charge < -0.3 is 9.88 Å². The van der Waals surface area contributed by atoms with E-state index in [0.717, 1.165) is 23.0 Å². The van der Waals surface area contributed by atoms with E-state index in [2.05, 4.69) is 21.2 Å². The first-order valence-electron chi connectivity index (χ1n) is 9.23. The first-order chi connectivity index (χ1) is 14.8. The largest absolute Gasteiger partial charge is 0.352 e. The van der Waals surface area contributed by atoms with Crippen molar-refractivity contribution in [2.75, 3.05) is 5.32 Å². The Hall–Kier alpha value is -3.48. The fraction of sp³-hybridized carbons (Fsp3) is 0.286. The maximum atomic E-state index is 14.6. The summed E-state index contributed by atoms with van der Waals surface area (Å²) in [6.07, 6.45) is 2.36. The summed E-state index contributed by atoms with van der Waals surface area (Å²) in [5.41, 5.74) is -3.05. The van der Waals surface area contributed by atoms with Gasteiger partial charge >= 0.3 is 0 Å². The third-order valence-corrected chi connectivity index (χ3v) is 5.37. The monoisotopic (exact) mass is 434 g/mol. The number of pyridine rings is 1. The summed E-state index contributed by atoms with van der Waals surface area (Å²) >= 11 is 0. The fourth-order valence-electron chi connectivity index (χ4n) is 3.49. The van der Waals surface area contributed by atoms with E-state index < -0.39 is 41.4 Å². The minimum atomic E-state index is -3.03. The van der Waals surface area contributed by atoms with Crippen molar-refractivity contribution in [3.63, 3.8) is 0 Å². The van der Waals surface area contributed by atoms with Crippen molar-refractivity contribution >= 4 is 16.7 Å². The number of terminal acetylenes is 1. The summed E-state index contributed by atoms with van der Waals surface area (Å²) in [7, 11) is 0. The molecule has 0 radical (unpaired) electrons. The van der Waals surface area contributed by atoms with Crippen molar-refractivity contribution in [2.24, 2.45) is 0 Å². The van der Waals surface area contributed by atoms with E-state index in [1.165, 1.54) is 18.3 Å². The van der Waals surface area contributed by atoms with E-state index >= 15 is 0 Å². The van der Waals surface area contributed by atoms with Gasteiger partial charge in [0, 0.05) is 17.8 Å². The Kier molecular flexibility index (Phi) is 5.13. The second kappa shape index (κ2) is 7.65. The Balaban J connectivity index is 1.79. The van der Waals surface area contributed by atoms with Crippen molar-refractivity contribution in [2.45, 2.75) is 37.3 Å². The molecule has 10 heteroatoms. The highest BCUT2D eigenvalue weighted by atomic mass is 19.3. The van der Waals surface area contributed by atoms with Crippen LogP contribution in [0, 0.1) is 18.2 Å². The van der Waals surface area contributed by atoms with Gasteiger partial charge in [0.15, 0.2) is 0 Å². The number of rotatable bonds is 6. The molecule has 31 heavy (non-hydrogen) atoms. The highest BCUT2D eigenvalue weighted by Gasteiger charge is 2.53. The standard InChI is InChI=1S/C21H15F5N4O/c1-2-14(11-4-3-5-12(17(11)22)18(23)24)29-19-13-9-30(21(6-7-21)20(25)26)16(31)8-15(13)27-10-28-19/h1,3-5,8-10,14,18,20H,6-7H2,(H,27,28,29)/t14-/m1/s1. The third kappa shape index (κ3) is 3.50. The first-order valence-corrected chi connectivity index (χ1v) is 9.23. The molecule has 0 spiro atoms. The number of anilines is 1. The predicted octanol–water partition coefficient (Wildman–Crippen LogP) is 4.41. The van der Waals surface area contributed by atoms with E-state index in [0.29, 0.717) is 0 Å². The van der Waals surface area contributed by atoms with Crippen LogP contribution in [0.3, 0.4) is 0 Å². The van der Waals surface area contributed by atoms with Crippen LogP contribution in [0.4, 0.5) is 27.8 Å². The lowest BCUT2D eigenvalue weighted by Gasteiger charge is -2.20. The molecule has 5 nitrogen and oxygen atoms in total. The number of nitrogens with one attached hydrogen (secondary N) is 1. The van der Waals surface area contributed by atoms with Gasteiger partial charge in [-0.25, -0.2) is 31.9 Å². The molecule has 1 N–H and O–H groups in total. The zero-order chi connectivity index (χ0) is 22.3. The molecule has 1 aliphatic rings. The quantitative estimate of drug-likeness (QED) is 0.461. The molecule has 1 saturated carbocycles. The molecule has 1 atom stereocenters. The first kappa shape index (κ1) is 20.8. The molecule has 1 aromatic carbocycles. The van der Waals surface area contributed by atoms with Gasteiger partial charge in [-0.05, 0) is 12.8 Å². The molecule has 0 unspecified atom stereocenters. The molecule has 3 aromatic rings. The van der Waals surface area contributed by atoms with Crippen molar-refractivity contribution in [3.8, 4) is 12.3 Å². The van der Waals surface area contributed by atoms with Gasteiger partial charge in [-0.3, -0.25) is 4.79 Å². The topological polar surface area (TPSA) is 59.8 Å². The molecular formula is C21H15F5N4O. The Bertz CT molecular complexity index is 1250. The van der Waals surface area contributed by atoms with Crippen molar-refractivity contribution in [1.82, 2.24) is 14.5 Å². The maximum Gasteiger partial charge on any atom is 0.266 e. The van der Waals surface area contributed by atoms with Crippen LogP contribution in [0.5, 0.6) is 0 Å². The molecule has 1 aliphatic carbocycles. The summed E-state index contributed by atoms with van der Waals surface area (Å²) in [4.78, 5) is 20.4. The molecule has 0 bridgehead atoms. The van der Waals surface area contributed by atoms with Gasteiger partial charge in [-0.15, -0.1) is 6.42 Å². The second-order valence-corrected chi connectivity index (χ2v) is 7.20. The predicted molar refractivity (Wildman–Crippen MR) is 104 cm³/mol. The Labute approximate surface area is 172 Å². The maximum absolute atomic E-state index is 14.6. The number of fused-ring (bicyclic) bond motifs is 1. The second-order valence-electron chi connectivity index (χ2n) is 7.20. The van der Waals surface area contributed by atoms with Gasteiger partial charge in [-0.1, -0.05) is 24.1 Å². The van der Waals surface area contributed by atoms with Crippen molar-refractivity contribution in [3.05, 3.63) is 64.1 Å². The highest BCUT2D eigenvalue weighted by Crippen LogP contribution is 2.48. The Morgan fingerprint density at radius 3 is 2.48 bits per heavy atom. The Morgan fingerprint density at radius 2 is 1.87 bits per heavy atom. The van der Waals surface area contributed by atoms with Crippen LogP contribution >= 0.6 is 0 Å². The van der Waals surface area contributed by atoms with E-state index in [9.17, 15) is 26.7 Å². The molecular weight excluding hydrogens is 419 g/mol. The van der Waals surface area contributed by atoms with Gasteiger partial charge in [-0.2, -0.15) is 0 Å². The van der Waals surface area contributed by atoms with Gasteiger partial charge in [0.25, 0.3) is 18.4 Å². The highest BCUT2D eigenvalue weighted by molar-refractivity contribution is 5.88. The number of hydrogen-bond acceptors (Lipinski definition) is 4. The summed E-state index contributed by atoms with van der Waals surface area (Å²) in [6, 6.07) is 3.38. The minimum absolute atomic E-state index is 0.0496. The van der Waals surface area contributed by atoms with Crippen LogP contribution in [0.15, 0.2) is 41.6 Å². The number of benzene rings is 1. The summed E-state index contributed by atoms with van der Waals surface area (Å²) in [5, 5.41) is 2.98. The van der Waals surface area contributed by atoms with Crippen LogP contribution < -0.4 is 10.9 Å². The van der Waals surface area contributed by atoms with Gasteiger partial charge in [0.2, 0.25) is 0 Å². The number of hydrogen-bond donors (Lipinski definition) is 1. The molecule has 0 amide bonds. The van der Waals surface area contributed by atoms with Crippen molar-refractivity contribution in [1.29, 1.82) is 0 Å². The Morgan fingerprint density at radius 1 is 1.16 bits per heavy atom. The van der Waals surface area contributed by atoms with Crippen molar-refractivity contribution < 1.29 is 22.0 Å². The lowest BCUT2D eigenvalue weighted by molar-refractivity contribution is 0.0654. The lowest BCUT2D eigenvalue weighted by Crippen LogP contribution is -2.35. The van der Waals surface area contributed by atoms with Crippen LogP contribution in [-0.2, 0) is 5.54 Å². The molecule has 1 fully saturated rings. The summed E-state index contributed by atoms with van der Waals surface area (Å²) in [5.74, 6) is 1.18. The zero-order valence-electron chi connectivity index (χ0n) is 15.8. The van der Waals surface area contributed by atoms with Crippen LogP contribution in [0.25, 0.3) is 10.9 Å². The summed E-state index contributed by atoms with van der Waals surface area (Å²) < 4.78 is 68.7. The lowest BCUT2D eigenvalue weighted by atomic mass is 10.0. The van der Waals surface area contributed by atoms with Gasteiger partial charge in [0.1, 0.15) is 29.5 Å². The average Bonchev–Trinajstić information content (AvgIpc) is 3.54. The zero-order valence-corrected chi connectivity index (χ0v) is 15.8. The molecule has 0 aliphatic heterocycles. The van der Waals surface area contributed by atoms with E-state index in [4.69, 9.17) is 6.42 Å². The van der Waals surface area contributed by atoms with Crippen LogP contribution in [-0.4, -0.2) is 21.0 Å². The molecule has 2 aromatic heterocycles. The molecule has 160 valence electrons. The smallest absolute Gasteiger partial charge is 0.266 e. The fourth-order valence-corrected chi connectivity index (χ4v) is 3.49. The molecule has 0 saturated heterocycles. The third-order valence-electron chi connectivity index (χ3n) is 5.37. The number of alkyl halides is 4. The van der Waals surface area contributed by atoms with E-state index in [-0.39, 0.29) is 35.1 Å². The van der Waals surface area contributed by atoms with E-state index in [1.54, 1.807) is 0 Å². The number of nitrogens with zero attached hydrogens (tertiary/aromatic N) is 3. The normalized spacial score (nSPS) is 15.8. The SMILES string of the molecule is C#C[C@@H](Nc1ncnc2cc(=O)n(C3(C(F)F)CC3)cc12)c1cccc(C(F)F)c1F. The molecule has 4 rings (SSSR count). The minimum Gasteiger partial charge on any atom is -0.352 e. The number of halogens is 5. The molecule has 2 heterocycles. The van der Waals surface area contributed by atoms with Gasteiger partial charge in [0.05, 0.1) is 16.5 Å². The van der Waals surface area contributed by atoms with Crippen LogP contribution in [0.2, 0.25) is 0 Å². The number of aromatic nitrogens is 3. The average molecular weight is 434 g/mol.